The van der Waals surface area contributed by atoms with Gasteiger partial charge in [0.15, 0.2) is 0 Å². The summed E-state index contributed by atoms with van der Waals surface area (Å²) in [7, 11) is 0. The van der Waals surface area contributed by atoms with Crippen molar-refractivity contribution in [1.82, 2.24) is 10.6 Å². The monoisotopic (exact) mass is 310 g/mol. The predicted octanol–water partition coefficient (Wildman–Crippen LogP) is 1.71. The molecule has 0 aliphatic carbocycles. The molecule has 5 heteroatoms. The van der Waals surface area contributed by atoms with Crippen LogP contribution in [0.5, 0.6) is 0 Å². The summed E-state index contributed by atoms with van der Waals surface area (Å²) >= 11 is 3.35. The van der Waals surface area contributed by atoms with Crippen molar-refractivity contribution in [2.24, 2.45) is 0 Å². The van der Waals surface area contributed by atoms with Gasteiger partial charge in [0.05, 0.1) is 6.54 Å². The number of carbonyl (C=O) groups excluding carboxylic acids is 2. The van der Waals surface area contributed by atoms with E-state index in [-0.39, 0.29) is 18.4 Å². The molecule has 1 aromatic carbocycles. The number of likely N-dealkylation sites (N-methyl/N-ethyl adjacent to an activating group) is 1. The molecule has 0 aliphatic heterocycles. The Balaban J connectivity index is 2.42. The van der Waals surface area contributed by atoms with Gasteiger partial charge >= 0.3 is 0 Å². The molecule has 0 heterocycles. The molecule has 0 radical (unpaired) electrons. The maximum atomic E-state index is 11.4. The first kappa shape index (κ1) is 14.4. The maximum absolute atomic E-state index is 11.4. The third-order valence-corrected chi connectivity index (χ3v) is 2.57. The molecular formula is C13H15BrN2O2. The number of amides is 2. The molecule has 96 valence electrons. The number of benzene rings is 1. The zero-order valence-electron chi connectivity index (χ0n) is 10.1. The van der Waals surface area contributed by atoms with E-state index in [1.807, 2.05) is 31.2 Å². The second-order valence-electron chi connectivity index (χ2n) is 3.56. The van der Waals surface area contributed by atoms with Gasteiger partial charge < -0.3 is 10.6 Å². The van der Waals surface area contributed by atoms with Crippen LogP contribution >= 0.6 is 15.9 Å². The molecule has 0 aromatic heterocycles. The van der Waals surface area contributed by atoms with Gasteiger partial charge in [-0.25, -0.2) is 0 Å². The molecule has 1 rings (SSSR count). The van der Waals surface area contributed by atoms with Crippen molar-refractivity contribution in [3.05, 3.63) is 40.4 Å². The van der Waals surface area contributed by atoms with Gasteiger partial charge in [0.1, 0.15) is 0 Å². The molecule has 18 heavy (non-hydrogen) atoms. The number of rotatable bonds is 5. The van der Waals surface area contributed by atoms with Gasteiger partial charge in [-0.05, 0) is 30.7 Å². The first-order valence-electron chi connectivity index (χ1n) is 5.60. The molecule has 4 nitrogen and oxygen atoms in total. The summed E-state index contributed by atoms with van der Waals surface area (Å²) in [5.74, 6) is -0.483. The topological polar surface area (TPSA) is 58.2 Å². The third kappa shape index (κ3) is 5.63. The number of carbonyl (C=O) groups is 2. The van der Waals surface area contributed by atoms with Gasteiger partial charge in [-0.1, -0.05) is 28.1 Å². The smallest absolute Gasteiger partial charge is 0.244 e. The maximum Gasteiger partial charge on any atom is 0.244 e. The van der Waals surface area contributed by atoms with Crippen molar-refractivity contribution in [2.75, 3.05) is 13.1 Å². The highest BCUT2D eigenvalue weighted by Crippen LogP contribution is 2.12. The van der Waals surface area contributed by atoms with Gasteiger partial charge in [-0.2, -0.15) is 0 Å². The lowest BCUT2D eigenvalue weighted by Crippen LogP contribution is -2.35. The van der Waals surface area contributed by atoms with Gasteiger partial charge in [0.2, 0.25) is 11.8 Å². The number of nitrogens with one attached hydrogen (secondary N) is 2. The van der Waals surface area contributed by atoms with E-state index < -0.39 is 0 Å². The summed E-state index contributed by atoms with van der Waals surface area (Å²) in [6, 6.07) is 7.58. The number of hydrogen-bond donors (Lipinski definition) is 2. The first-order valence-corrected chi connectivity index (χ1v) is 6.39. The van der Waals surface area contributed by atoms with E-state index in [0.29, 0.717) is 6.54 Å². The van der Waals surface area contributed by atoms with E-state index >= 15 is 0 Å². The molecule has 0 fully saturated rings. The summed E-state index contributed by atoms with van der Waals surface area (Å²) in [6.45, 7) is 2.38. The zero-order chi connectivity index (χ0) is 13.4. The van der Waals surface area contributed by atoms with Crippen molar-refractivity contribution >= 4 is 33.8 Å². The molecule has 1 aromatic rings. The highest BCUT2D eigenvalue weighted by atomic mass is 79.9. The van der Waals surface area contributed by atoms with Gasteiger partial charge in [-0.15, -0.1) is 0 Å². The Morgan fingerprint density at radius 3 is 2.78 bits per heavy atom. The van der Waals surface area contributed by atoms with Crippen LogP contribution in [0.4, 0.5) is 0 Å². The normalized spacial score (nSPS) is 10.3. The van der Waals surface area contributed by atoms with E-state index in [4.69, 9.17) is 0 Å². The number of hydrogen-bond acceptors (Lipinski definition) is 2. The fourth-order valence-corrected chi connectivity index (χ4v) is 1.69. The van der Waals surface area contributed by atoms with Crippen LogP contribution in [0.3, 0.4) is 0 Å². The lowest BCUT2D eigenvalue weighted by Gasteiger charge is -2.02. The van der Waals surface area contributed by atoms with E-state index in [1.165, 1.54) is 6.08 Å². The largest absolute Gasteiger partial charge is 0.355 e. The molecule has 0 spiro atoms. The van der Waals surface area contributed by atoms with Crippen LogP contribution in [-0.2, 0) is 9.59 Å². The highest BCUT2D eigenvalue weighted by Gasteiger charge is 2.00. The molecule has 0 atom stereocenters. The van der Waals surface area contributed by atoms with Crippen LogP contribution in [-0.4, -0.2) is 24.9 Å². The molecule has 2 amide bonds. The fourth-order valence-electron chi connectivity index (χ4n) is 1.27. The minimum atomic E-state index is -0.291. The molecule has 0 saturated carbocycles. The summed E-state index contributed by atoms with van der Waals surface area (Å²) in [4.78, 5) is 22.5. The third-order valence-electron chi connectivity index (χ3n) is 2.07. The minimum absolute atomic E-state index is 0.00447. The average molecular weight is 311 g/mol. The summed E-state index contributed by atoms with van der Waals surface area (Å²) in [5, 5.41) is 5.10. The van der Waals surface area contributed by atoms with Crippen molar-refractivity contribution in [1.29, 1.82) is 0 Å². The minimum Gasteiger partial charge on any atom is -0.355 e. The SMILES string of the molecule is CCNC(=O)CNC(=O)/C=C/c1cccc(Br)c1. The van der Waals surface area contributed by atoms with Crippen LogP contribution in [0, 0.1) is 0 Å². The van der Waals surface area contributed by atoms with Crippen molar-refractivity contribution in [2.45, 2.75) is 6.92 Å². The van der Waals surface area contributed by atoms with Crippen LogP contribution in [0.1, 0.15) is 12.5 Å². The van der Waals surface area contributed by atoms with Crippen LogP contribution in [0.2, 0.25) is 0 Å². The van der Waals surface area contributed by atoms with Crippen molar-refractivity contribution in [3.8, 4) is 0 Å². The Labute approximate surface area is 115 Å². The number of halogens is 1. The first-order chi connectivity index (χ1) is 8.61. The second-order valence-corrected chi connectivity index (χ2v) is 4.48. The van der Waals surface area contributed by atoms with Gasteiger partial charge in [-0.3, -0.25) is 9.59 Å². The van der Waals surface area contributed by atoms with Crippen molar-refractivity contribution < 1.29 is 9.59 Å². The Hall–Kier alpha value is -1.62. The van der Waals surface area contributed by atoms with Crippen LogP contribution in [0.25, 0.3) is 6.08 Å². The van der Waals surface area contributed by atoms with Gasteiger partial charge in [0.25, 0.3) is 0 Å². The van der Waals surface area contributed by atoms with Gasteiger partial charge in [0, 0.05) is 17.1 Å². The van der Waals surface area contributed by atoms with Crippen molar-refractivity contribution in [3.63, 3.8) is 0 Å². The quantitative estimate of drug-likeness (QED) is 0.814. The Kier molecular flexibility index (Phi) is 6.14. The second kappa shape index (κ2) is 7.66. The van der Waals surface area contributed by atoms with E-state index in [9.17, 15) is 9.59 Å². The van der Waals surface area contributed by atoms with E-state index in [1.54, 1.807) is 6.08 Å². The lowest BCUT2D eigenvalue weighted by atomic mass is 10.2. The zero-order valence-corrected chi connectivity index (χ0v) is 11.7. The molecule has 0 saturated heterocycles. The van der Waals surface area contributed by atoms with E-state index in [2.05, 4.69) is 26.6 Å². The average Bonchev–Trinajstić information content (AvgIpc) is 2.34. The Morgan fingerprint density at radius 1 is 1.33 bits per heavy atom. The lowest BCUT2D eigenvalue weighted by molar-refractivity contribution is -0.123. The molecule has 2 N–H and O–H groups in total. The Bertz CT molecular complexity index is 458. The molecular weight excluding hydrogens is 296 g/mol. The standard InChI is InChI=1S/C13H15BrN2O2/c1-2-15-13(18)9-16-12(17)7-6-10-4-3-5-11(14)8-10/h3-8H,2,9H2,1H3,(H,15,18)(H,16,17)/b7-6+. The van der Waals surface area contributed by atoms with Crippen LogP contribution < -0.4 is 10.6 Å². The summed E-state index contributed by atoms with van der Waals surface area (Å²) < 4.78 is 0.951. The Morgan fingerprint density at radius 2 is 2.11 bits per heavy atom. The highest BCUT2D eigenvalue weighted by molar-refractivity contribution is 9.10. The molecule has 0 aliphatic rings. The fraction of sp³-hybridized carbons (Fsp3) is 0.231. The van der Waals surface area contributed by atoms with Crippen LogP contribution in [0.15, 0.2) is 34.8 Å². The summed E-state index contributed by atoms with van der Waals surface area (Å²) in [5.41, 5.74) is 0.914. The predicted molar refractivity (Wildman–Crippen MR) is 74.9 cm³/mol. The molecule has 0 bridgehead atoms. The molecule has 0 unspecified atom stereocenters. The van der Waals surface area contributed by atoms with E-state index in [0.717, 1.165) is 10.0 Å². The summed E-state index contributed by atoms with van der Waals surface area (Å²) in [6.07, 6.45) is 3.10.